The van der Waals surface area contributed by atoms with E-state index in [0.29, 0.717) is 17.5 Å². The Kier molecular flexibility index (Phi) is 6.00. The van der Waals surface area contributed by atoms with Gasteiger partial charge in [0.25, 0.3) is 0 Å². The fourth-order valence-corrected chi connectivity index (χ4v) is 7.62. The molecule has 2 aromatic heterocycles. The molecule has 3 nitrogen and oxygen atoms in total. The molecule has 0 spiro atoms. The van der Waals surface area contributed by atoms with Gasteiger partial charge >= 0.3 is 0 Å². The van der Waals surface area contributed by atoms with Crippen molar-refractivity contribution in [3.8, 4) is 45.3 Å². The molecule has 0 bridgehead atoms. The molecule has 0 atom stereocenters. The molecular weight excluding hydrogens is 567 g/mol. The van der Waals surface area contributed by atoms with Gasteiger partial charge in [-0.15, -0.1) is 11.3 Å². The van der Waals surface area contributed by atoms with Gasteiger partial charge in [0, 0.05) is 36.9 Å². The lowest BCUT2D eigenvalue weighted by Gasteiger charge is -2.14. The first-order valence-electron chi connectivity index (χ1n) is 15.0. The van der Waals surface area contributed by atoms with Crippen LogP contribution in [-0.4, -0.2) is 15.0 Å². The predicted octanol–water partition coefficient (Wildman–Crippen LogP) is 11.2. The third-order valence-electron chi connectivity index (χ3n) is 8.54. The largest absolute Gasteiger partial charge is 0.208 e. The van der Waals surface area contributed by atoms with Crippen LogP contribution in [-0.2, 0) is 0 Å². The number of aromatic nitrogens is 3. The monoisotopic (exact) mass is 591 g/mol. The Morgan fingerprint density at radius 1 is 0.333 bits per heavy atom. The lowest BCUT2D eigenvalue weighted by atomic mass is 9.91. The molecule has 45 heavy (non-hydrogen) atoms. The third kappa shape index (κ3) is 4.30. The van der Waals surface area contributed by atoms with E-state index in [1.165, 1.54) is 47.5 Å². The normalized spacial score (nSPS) is 11.6. The molecule has 7 aromatic carbocycles. The molecule has 2 heterocycles. The quantitative estimate of drug-likeness (QED) is 0.204. The number of rotatable bonds is 4. The summed E-state index contributed by atoms with van der Waals surface area (Å²) >= 11 is 1.86. The van der Waals surface area contributed by atoms with E-state index in [1.54, 1.807) is 0 Å². The van der Waals surface area contributed by atoms with Crippen molar-refractivity contribution in [3.05, 3.63) is 152 Å². The van der Waals surface area contributed by atoms with Gasteiger partial charge in [0.15, 0.2) is 17.5 Å². The topological polar surface area (TPSA) is 38.7 Å². The molecular formula is C41H25N3S. The Morgan fingerprint density at radius 2 is 0.889 bits per heavy atom. The Balaban J connectivity index is 1.30. The number of hydrogen-bond acceptors (Lipinski definition) is 4. The molecule has 0 aliphatic carbocycles. The van der Waals surface area contributed by atoms with E-state index in [1.807, 2.05) is 72.0 Å². The highest BCUT2D eigenvalue weighted by atomic mass is 32.1. The van der Waals surface area contributed by atoms with E-state index in [2.05, 4.69) is 91.0 Å². The summed E-state index contributed by atoms with van der Waals surface area (Å²) in [5.41, 5.74) is 5.35. The highest BCUT2D eigenvalue weighted by Gasteiger charge is 2.18. The average Bonchev–Trinajstić information content (AvgIpc) is 3.51. The zero-order chi connectivity index (χ0) is 29.7. The highest BCUT2D eigenvalue weighted by molar-refractivity contribution is 7.26. The second-order valence-electron chi connectivity index (χ2n) is 11.2. The molecule has 0 aliphatic rings. The Morgan fingerprint density at radius 3 is 1.60 bits per heavy atom. The smallest absolute Gasteiger partial charge is 0.164 e. The standard InChI is InChI=1S/C41H25N3S/c1-3-13-27(14-4-1)39-42-40(28-15-5-2-6-16-28)44-41(43-39)34-24-23-32(30-18-9-10-19-31(30)34)33-20-11-21-35-38(33)37-29-17-8-7-12-26(29)22-25-36(37)45-35/h1-25H. The number of fused-ring (bicyclic) bond motifs is 6. The van der Waals surface area contributed by atoms with Crippen LogP contribution in [0, 0.1) is 0 Å². The molecule has 0 unspecified atom stereocenters. The van der Waals surface area contributed by atoms with Crippen LogP contribution in [0.4, 0.5) is 0 Å². The summed E-state index contributed by atoms with van der Waals surface area (Å²) in [7, 11) is 0. The van der Waals surface area contributed by atoms with Crippen LogP contribution in [0.5, 0.6) is 0 Å². The lowest BCUT2D eigenvalue weighted by Crippen LogP contribution is -2.00. The van der Waals surface area contributed by atoms with Gasteiger partial charge < -0.3 is 0 Å². The van der Waals surface area contributed by atoms with E-state index < -0.39 is 0 Å². The molecule has 9 rings (SSSR count). The van der Waals surface area contributed by atoms with Gasteiger partial charge in [-0.05, 0) is 50.9 Å². The minimum Gasteiger partial charge on any atom is -0.208 e. The first-order valence-corrected chi connectivity index (χ1v) is 15.9. The summed E-state index contributed by atoms with van der Waals surface area (Å²) in [6, 6.07) is 53.2. The molecule has 4 heteroatoms. The number of nitrogens with zero attached hydrogens (tertiary/aromatic N) is 3. The van der Waals surface area contributed by atoms with E-state index >= 15 is 0 Å². The number of hydrogen-bond donors (Lipinski definition) is 0. The van der Waals surface area contributed by atoms with Crippen LogP contribution in [0.3, 0.4) is 0 Å². The van der Waals surface area contributed by atoms with Crippen LogP contribution in [0.2, 0.25) is 0 Å². The van der Waals surface area contributed by atoms with Crippen molar-refractivity contribution >= 4 is 53.1 Å². The van der Waals surface area contributed by atoms with Gasteiger partial charge in [-0.3, -0.25) is 0 Å². The van der Waals surface area contributed by atoms with Crippen LogP contribution in [0.15, 0.2) is 152 Å². The van der Waals surface area contributed by atoms with Crippen LogP contribution in [0.1, 0.15) is 0 Å². The van der Waals surface area contributed by atoms with Gasteiger partial charge in [0.2, 0.25) is 0 Å². The van der Waals surface area contributed by atoms with Crippen molar-refractivity contribution in [2.45, 2.75) is 0 Å². The van der Waals surface area contributed by atoms with Crippen LogP contribution >= 0.6 is 11.3 Å². The van der Waals surface area contributed by atoms with Gasteiger partial charge in [-0.1, -0.05) is 133 Å². The van der Waals surface area contributed by atoms with Crippen molar-refractivity contribution in [1.29, 1.82) is 0 Å². The van der Waals surface area contributed by atoms with E-state index in [0.717, 1.165) is 22.1 Å². The van der Waals surface area contributed by atoms with E-state index in [9.17, 15) is 0 Å². The summed E-state index contributed by atoms with van der Waals surface area (Å²) in [6.45, 7) is 0. The van der Waals surface area contributed by atoms with Crippen molar-refractivity contribution in [3.63, 3.8) is 0 Å². The Bertz CT molecular complexity index is 2480. The summed E-state index contributed by atoms with van der Waals surface area (Å²) < 4.78 is 2.61. The first-order chi connectivity index (χ1) is 22.3. The highest BCUT2D eigenvalue weighted by Crippen LogP contribution is 2.45. The van der Waals surface area contributed by atoms with Crippen LogP contribution < -0.4 is 0 Å². The fourth-order valence-electron chi connectivity index (χ4n) is 6.47. The van der Waals surface area contributed by atoms with Crippen molar-refractivity contribution < 1.29 is 0 Å². The molecule has 0 amide bonds. The summed E-state index contributed by atoms with van der Waals surface area (Å²) in [6.07, 6.45) is 0. The third-order valence-corrected chi connectivity index (χ3v) is 9.66. The zero-order valence-corrected chi connectivity index (χ0v) is 25.0. The summed E-state index contributed by atoms with van der Waals surface area (Å²) in [5.74, 6) is 1.98. The zero-order valence-electron chi connectivity index (χ0n) is 24.2. The Labute approximate surface area is 264 Å². The predicted molar refractivity (Wildman–Crippen MR) is 189 cm³/mol. The second-order valence-corrected chi connectivity index (χ2v) is 12.3. The minimum atomic E-state index is 0.661. The maximum Gasteiger partial charge on any atom is 0.164 e. The molecule has 9 aromatic rings. The average molecular weight is 592 g/mol. The van der Waals surface area contributed by atoms with Gasteiger partial charge in [-0.25, -0.2) is 15.0 Å². The molecule has 0 aliphatic heterocycles. The molecule has 0 fully saturated rings. The first kappa shape index (κ1) is 25.8. The molecule has 0 N–H and O–H groups in total. The maximum absolute atomic E-state index is 5.05. The molecule has 0 saturated heterocycles. The minimum absolute atomic E-state index is 0.661. The summed E-state index contributed by atoms with van der Waals surface area (Å²) in [4.78, 5) is 15.0. The SMILES string of the molecule is c1ccc(-c2nc(-c3ccccc3)nc(-c3ccc(-c4cccc5sc6ccc7ccccc7c6c45)c4ccccc34)n2)cc1. The fraction of sp³-hybridized carbons (Fsp3) is 0. The van der Waals surface area contributed by atoms with Gasteiger partial charge in [0.1, 0.15) is 0 Å². The summed E-state index contributed by atoms with van der Waals surface area (Å²) in [5, 5.41) is 7.48. The van der Waals surface area contributed by atoms with Crippen molar-refractivity contribution in [2.75, 3.05) is 0 Å². The maximum atomic E-state index is 5.05. The second kappa shape index (κ2) is 10.5. The molecule has 210 valence electrons. The van der Waals surface area contributed by atoms with Gasteiger partial charge in [0.05, 0.1) is 0 Å². The van der Waals surface area contributed by atoms with E-state index in [4.69, 9.17) is 15.0 Å². The number of benzene rings is 7. The molecule has 0 radical (unpaired) electrons. The Hall–Kier alpha value is -5.71. The van der Waals surface area contributed by atoms with E-state index in [-0.39, 0.29) is 0 Å². The van der Waals surface area contributed by atoms with Crippen molar-refractivity contribution in [1.82, 2.24) is 15.0 Å². The molecule has 0 saturated carbocycles. The van der Waals surface area contributed by atoms with Crippen molar-refractivity contribution in [2.24, 2.45) is 0 Å². The number of thiophene rings is 1. The lowest BCUT2D eigenvalue weighted by molar-refractivity contribution is 1.08. The van der Waals surface area contributed by atoms with Crippen LogP contribution in [0.25, 0.3) is 87.0 Å². The van der Waals surface area contributed by atoms with Gasteiger partial charge in [-0.2, -0.15) is 0 Å².